The molecule has 2 aliphatic rings. The van der Waals surface area contributed by atoms with Crippen LogP contribution in [0.25, 0.3) is 23.2 Å². The van der Waals surface area contributed by atoms with Crippen LogP contribution in [0, 0.1) is 6.92 Å². The van der Waals surface area contributed by atoms with E-state index in [2.05, 4.69) is 65.8 Å². The fraction of sp³-hybridized carbons (Fsp3) is 0.200. The Labute approximate surface area is 214 Å². The molecule has 0 saturated heterocycles. The molecule has 0 N–H and O–H groups in total. The molecule has 5 aromatic rings. The molecule has 1 aliphatic carbocycles. The van der Waals surface area contributed by atoms with E-state index >= 15 is 0 Å². The number of aromatic nitrogens is 6. The highest BCUT2D eigenvalue weighted by atomic mass is 16.5. The summed E-state index contributed by atoms with van der Waals surface area (Å²) in [5.74, 6) is 2.16. The highest BCUT2D eigenvalue weighted by Crippen LogP contribution is 2.49. The molecular formula is C30H26N6O. The van der Waals surface area contributed by atoms with Crippen molar-refractivity contribution in [1.82, 2.24) is 29.4 Å². The van der Waals surface area contributed by atoms with Crippen LogP contribution in [0.3, 0.4) is 0 Å². The fourth-order valence-corrected chi connectivity index (χ4v) is 5.60. The largest absolute Gasteiger partial charge is 0.438 e. The van der Waals surface area contributed by atoms with Gasteiger partial charge in [-0.15, -0.1) is 5.10 Å². The van der Waals surface area contributed by atoms with Crippen molar-refractivity contribution in [3.8, 4) is 17.4 Å². The SMILES string of the molecule is Cc1cc(-c2nc3c4c(ncn3n2)OC2=C(CCCC2=Cc2ccccc2)C4c2ccccc2)n(C)n1. The van der Waals surface area contributed by atoms with Crippen LogP contribution in [0.5, 0.6) is 5.88 Å². The molecule has 7 rings (SSSR count). The van der Waals surface area contributed by atoms with Crippen molar-refractivity contribution >= 4 is 11.7 Å². The lowest BCUT2D eigenvalue weighted by atomic mass is 9.77. The quantitative estimate of drug-likeness (QED) is 0.319. The van der Waals surface area contributed by atoms with Gasteiger partial charge < -0.3 is 4.74 Å². The summed E-state index contributed by atoms with van der Waals surface area (Å²) < 4.78 is 10.2. The summed E-state index contributed by atoms with van der Waals surface area (Å²) in [7, 11) is 1.91. The zero-order valence-corrected chi connectivity index (χ0v) is 20.8. The molecule has 7 heteroatoms. The van der Waals surface area contributed by atoms with Crippen LogP contribution in [-0.4, -0.2) is 29.4 Å². The standard InChI is InChI=1S/C30H26N6O/c1-19-16-24(35(2)33-19)28-32-29-26-25(21-12-7-4-8-13-21)23-15-9-14-22(17-20-10-5-3-6-11-20)27(23)37-30(26)31-18-36(29)34-28/h3-8,10-13,16-18,25H,9,14-15H2,1-2H3. The third-order valence-corrected chi connectivity index (χ3v) is 7.20. The summed E-state index contributed by atoms with van der Waals surface area (Å²) in [6.07, 6.45) is 6.96. The first kappa shape index (κ1) is 21.7. The molecule has 3 aromatic heterocycles. The topological polar surface area (TPSA) is 70.1 Å². The molecule has 1 unspecified atom stereocenters. The Morgan fingerprint density at radius 1 is 0.973 bits per heavy atom. The van der Waals surface area contributed by atoms with Gasteiger partial charge in [-0.1, -0.05) is 60.7 Å². The van der Waals surface area contributed by atoms with Crippen molar-refractivity contribution in [1.29, 1.82) is 0 Å². The molecule has 182 valence electrons. The van der Waals surface area contributed by atoms with Crippen molar-refractivity contribution in [2.24, 2.45) is 7.05 Å². The summed E-state index contributed by atoms with van der Waals surface area (Å²) in [6, 6.07) is 23.1. The molecule has 1 aliphatic heterocycles. The van der Waals surface area contributed by atoms with E-state index in [1.54, 1.807) is 10.8 Å². The predicted octanol–water partition coefficient (Wildman–Crippen LogP) is 5.88. The van der Waals surface area contributed by atoms with Gasteiger partial charge >= 0.3 is 0 Å². The van der Waals surface area contributed by atoms with E-state index in [1.807, 2.05) is 30.8 Å². The first-order valence-corrected chi connectivity index (χ1v) is 12.6. The zero-order valence-electron chi connectivity index (χ0n) is 20.8. The minimum atomic E-state index is -0.0130. The lowest BCUT2D eigenvalue weighted by molar-refractivity contribution is 0.371. The fourth-order valence-electron chi connectivity index (χ4n) is 5.60. The Hall–Kier alpha value is -4.52. The Kier molecular flexibility index (Phi) is 5.02. The Morgan fingerprint density at radius 2 is 1.76 bits per heavy atom. The van der Waals surface area contributed by atoms with Crippen molar-refractivity contribution in [3.63, 3.8) is 0 Å². The number of rotatable bonds is 3. The van der Waals surface area contributed by atoms with E-state index in [-0.39, 0.29) is 5.92 Å². The number of fused-ring (bicyclic) bond motifs is 3. The summed E-state index contributed by atoms with van der Waals surface area (Å²) in [6.45, 7) is 1.97. The van der Waals surface area contributed by atoms with Gasteiger partial charge in [-0.05, 0) is 60.6 Å². The highest BCUT2D eigenvalue weighted by Gasteiger charge is 2.37. The van der Waals surface area contributed by atoms with Crippen LogP contribution >= 0.6 is 0 Å². The van der Waals surface area contributed by atoms with E-state index in [0.717, 1.165) is 47.6 Å². The van der Waals surface area contributed by atoms with Crippen molar-refractivity contribution in [3.05, 3.63) is 112 Å². The zero-order chi connectivity index (χ0) is 24.9. The second-order valence-corrected chi connectivity index (χ2v) is 9.70. The third kappa shape index (κ3) is 3.66. The molecule has 0 bridgehead atoms. The van der Waals surface area contributed by atoms with E-state index in [1.165, 1.54) is 22.3 Å². The highest BCUT2D eigenvalue weighted by molar-refractivity contribution is 5.68. The second-order valence-electron chi connectivity index (χ2n) is 9.70. The van der Waals surface area contributed by atoms with Crippen LogP contribution in [0.4, 0.5) is 0 Å². The first-order chi connectivity index (χ1) is 18.2. The molecule has 4 heterocycles. The van der Waals surface area contributed by atoms with Crippen LogP contribution in [0.1, 0.15) is 47.6 Å². The van der Waals surface area contributed by atoms with Crippen LogP contribution in [0.2, 0.25) is 0 Å². The van der Waals surface area contributed by atoms with Gasteiger partial charge in [-0.25, -0.2) is 14.5 Å². The van der Waals surface area contributed by atoms with E-state index < -0.39 is 0 Å². The molecule has 0 saturated carbocycles. The molecule has 2 aromatic carbocycles. The van der Waals surface area contributed by atoms with Crippen molar-refractivity contribution in [2.75, 3.05) is 0 Å². The molecule has 0 spiro atoms. The summed E-state index contributed by atoms with van der Waals surface area (Å²) >= 11 is 0. The average molecular weight is 487 g/mol. The number of hydrogen-bond acceptors (Lipinski definition) is 5. The number of hydrogen-bond donors (Lipinski definition) is 0. The summed E-state index contributed by atoms with van der Waals surface area (Å²) in [5.41, 5.74) is 8.40. The van der Waals surface area contributed by atoms with Gasteiger partial charge in [-0.3, -0.25) is 4.68 Å². The summed E-state index contributed by atoms with van der Waals surface area (Å²) in [5, 5.41) is 9.25. The number of allylic oxidation sites excluding steroid dienone is 2. The van der Waals surface area contributed by atoms with E-state index in [0.29, 0.717) is 11.7 Å². The Morgan fingerprint density at radius 3 is 2.51 bits per heavy atom. The number of ether oxygens (including phenoxy) is 1. The van der Waals surface area contributed by atoms with Gasteiger partial charge in [0.2, 0.25) is 5.88 Å². The monoisotopic (exact) mass is 486 g/mol. The second kappa shape index (κ2) is 8.55. The van der Waals surface area contributed by atoms with Gasteiger partial charge in [0.1, 0.15) is 17.8 Å². The van der Waals surface area contributed by atoms with E-state index in [9.17, 15) is 0 Å². The predicted molar refractivity (Wildman–Crippen MR) is 142 cm³/mol. The van der Waals surface area contributed by atoms with E-state index in [4.69, 9.17) is 19.8 Å². The normalized spacial score (nSPS) is 18.1. The van der Waals surface area contributed by atoms with Crippen molar-refractivity contribution < 1.29 is 4.74 Å². The van der Waals surface area contributed by atoms with Gasteiger partial charge in [0, 0.05) is 13.0 Å². The molecule has 37 heavy (non-hydrogen) atoms. The van der Waals surface area contributed by atoms with Crippen molar-refractivity contribution in [2.45, 2.75) is 32.1 Å². The lowest BCUT2D eigenvalue weighted by Crippen LogP contribution is -2.22. The maximum Gasteiger partial charge on any atom is 0.228 e. The Balaban J connectivity index is 1.44. The maximum absolute atomic E-state index is 6.62. The smallest absolute Gasteiger partial charge is 0.228 e. The molecular weight excluding hydrogens is 460 g/mol. The van der Waals surface area contributed by atoms with Gasteiger partial charge in [0.25, 0.3) is 0 Å². The molecule has 0 radical (unpaired) electrons. The Bertz CT molecular complexity index is 1690. The van der Waals surface area contributed by atoms with Crippen LogP contribution in [0.15, 0.2) is 90.0 Å². The average Bonchev–Trinajstić information content (AvgIpc) is 3.51. The number of benzene rings is 2. The van der Waals surface area contributed by atoms with Gasteiger partial charge in [-0.2, -0.15) is 5.10 Å². The minimum absolute atomic E-state index is 0.0130. The molecule has 0 amide bonds. The first-order valence-electron chi connectivity index (χ1n) is 12.6. The third-order valence-electron chi connectivity index (χ3n) is 7.20. The molecule has 7 nitrogen and oxygen atoms in total. The number of nitrogens with zero attached hydrogens (tertiary/aromatic N) is 6. The lowest BCUT2D eigenvalue weighted by Gasteiger charge is -2.34. The van der Waals surface area contributed by atoms with Gasteiger partial charge in [0.15, 0.2) is 11.5 Å². The van der Waals surface area contributed by atoms with Gasteiger partial charge in [0.05, 0.1) is 11.3 Å². The summed E-state index contributed by atoms with van der Waals surface area (Å²) in [4.78, 5) is 9.75. The van der Waals surface area contributed by atoms with Crippen LogP contribution < -0.4 is 4.74 Å². The maximum atomic E-state index is 6.62. The van der Waals surface area contributed by atoms with Crippen LogP contribution in [-0.2, 0) is 7.05 Å². The minimum Gasteiger partial charge on any atom is -0.438 e. The molecule has 0 fully saturated rings. The number of aryl methyl sites for hydroxylation is 2. The molecule has 1 atom stereocenters.